The van der Waals surface area contributed by atoms with Gasteiger partial charge in [0, 0.05) is 19.1 Å². The second-order valence-corrected chi connectivity index (χ2v) is 4.39. The molecular formula is C12H25NO2. The first-order valence-corrected chi connectivity index (χ1v) is 6.02. The summed E-state index contributed by atoms with van der Waals surface area (Å²) in [7, 11) is 0. The molecule has 0 bridgehead atoms. The van der Waals surface area contributed by atoms with Crippen LogP contribution in [-0.4, -0.2) is 23.7 Å². The van der Waals surface area contributed by atoms with Gasteiger partial charge in [0.25, 0.3) is 0 Å². The van der Waals surface area contributed by atoms with Crippen molar-refractivity contribution in [1.82, 2.24) is 5.32 Å². The van der Waals surface area contributed by atoms with E-state index in [2.05, 4.69) is 26.1 Å². The van der Waals surface area contributed by atoms with Crippen molar-refractivity contribution < 1.29 is 9.90 Å². The molecule has 3 heteroatoms. The second kappa shape index (κ2) is 8.72. The fourth-order valence-electron chi connectivity index (χ4n) is 1.53. The van der Waals surface area contributed by atoms with Crippen LogP contribution in [0.4, 0.5) is 0 Å². The molecule has 1 amide bonds. The van der Waals surface area contributed by atoms with Gasteiger partial charge in [-0.05, 0) is 18.8 Å². The predicted octanol–water partition coefficient (Wildman–Crippen LogP) is 2.09. The van der Waals surface area contributed by atoms with E-state index in [0.29, 0.717) is 18.8 Å². The number of unbranched alkanes of at least 4 members (excludes halogenated alkanes) is 2. The number of aliphatic hydroxyl groups is 1. The maximum atomic E-state index is 11.5. The Bertz CT molecular complexity index is 169. The summed E-state index contributed by atoms with van der Waals surface area (Å²) in [6, 6.07) is 0.115. The normalized spacial score (nSPS) is 12.9. The molecule has 0 rings (SSSR count). The van der Waals surface area contributed by atoms with Crippen molar-refractivity contribution in [2.45, 2.75) is 58.9 Å². The summed E-state index contributed by atoms with van der Waals surface area (Å²) in [5.41, 5.74) is 0. The predicted molar refractivity (Wildman–Crippen MR) is 62.6 cm³/mol. The number of amides is 1. The van der Waals surface area contributed by atoms with E-state index in [-0.39, 0.29) is 18.6 Å². The van der Waals surface area contributed by atoms with Crippen molar-refractivity contribution in [3.8, 4) is 0 Å². The van der Waals surface area contributed by atoms with E-state index in [9.17, 15) is 4.79 Å². The highest BCUT2D eigenvalue weighted by Gasteiger charge is 2.14. The third kappa shape index (κ3) is 7.37. The lowest BCUT2D eigenvalue weighted by Gasteiger charge is -2.21. The van der Waals surface area contributed by atoms with Gasteiger partial charge in [0.2, 0.25) is 5.91 Å². The third-order valence-electron chi connectivity index (χ3n) is 2.60. The van der Waals surface area contributed by atoms with Gasteiger partial charge in [0.05, 0.1) is 0 Å². The summed E-state index contributed by atoms with van der Waals surface area (Å²) >= 11 is 0. The Morgan fingerprint density at radius 2 is 2.00 bits per heavy atom. The maximum absolute atomic E-state index is 11.5. The van der Waals surface area contributed by atoms with Crippen LogP contribution in [0.3, 0.4) is 0 Å². The Kier molecular flexibility index (Phi) is 8.38. The van der Waals surface area contributed by atoms with Crippen LogP contribution < -0.4 is 5.32 Å². The molecule has 0 heterocycles. The van der Waals surface area contributed by atoms with Gasteiger partial charge in [0.15, 0.2) is 0 Å². The molecule has 0 aromatic carbocycles. The standard InChI is InChI=1S/C12H25NO2/c1-4-5-6-7-12(15)13-11(8-9-14)10(2)3/h10-11,14H,4-9H2,1-3H3,(H,13,15). The molecule has 90 valence electrons. The van der Waals surface area contributed by atoms with Gasteiger partial charge < -0.3 is 10.4 Å². The first kappa shape index (κ1) is 14.4. The zero-order valence-corrected chi connectivity index (χ0v) is 10.3. The van der Waals surface area contributed by atoms with Crippen LogP contribution in [0.2, 0.25) is 0 Å². The molecule has 0 saturated carbocycles. The summed E-state index contributed by atoms with van der Waals surface area (Å²) in [6.45, 7) is 6.39. The van der Waals surface area contributed by atoms with Gasteiger partial charge in [-0.1, -0.05) is 33.6 Å². The van der Waals surface area contributed by atoms with E-state index in [1.165, 1.54) is 0 Å². The molecule has 0 aliphatic heterocycles. The number of hydrogen-bond acceptors (Lipinski definition) is 2. The Morgan fingerprint density at radius 1 is 1.33 bits per heavy atom. The van der Waals surface area contributed by atoms with Gasteiger partial charge in [-0.25, -0.2) is 0 Å². The highest BCUT2D eigenvalue weighted by molar-refractivity contribution is 5.76. The van der Waals surface area contributed by atoms with Crippen molar-refractivity contribution in [3.63, 3.8) is 0 Å². The number of hydrogen-bond donors (Lipinski definition) is 2. The lowest BCUT2D eigenvalue weighted by molar-refractivity contribution is -0.122. The molecule has 1 unspecified atom stereocenters. The Balaban J connectivity index is 3.78. The molecule has 0 fully saturated rings. The van der Waals surface area contributed by atoms with E-state index < -0.39 is 0 Å². The van der Waals surface area contributed by atoms with Crippen LogP contribution in [0.15, 0.2) is 0 Å². The Labute approximate surface area is 93.3 Å². The van der Waals surface area contributed by atoms with E-state index in [4.69, 9.17) is 5.11 Å². The van der Waals surface area contributed by atoms with Crippen LogP contribution in [0.25, 0.3) is 0 Å². The average Bonchev–Trinajstić information content (AvgIpc) is 2.17. The van der Waals surface area contributed by atoms with Gasteiger partial charge in [-0.3, -0.25) is 4.79 Å². The summed E-state index contributed by atoms with van der Waals surface area (Å²) in [4.78, 5) is 11.5. The van der Waals surface area contributed by atoms with E-state index in [0.717, 1.165) is 19.3 Å². The number of carbonyl (C=O) groups is 1. The van der Waals surface area contributed by atoms with Crippen LogP contribution >= 0.6 is 0 Å². The number of rotatable bonds is 8. The number of nitrogens with one attached hydrogen (secondary N) is 1. The molecule has 0 aliphatic carbocycles. The summed E-state index contributed by atoms with van der Waals surface area (Å²) in [6.07, 6.45) is 4.48. The summed E-state index contributed by atoms with van der Waals surface area (Å²) in [5.74, 6) is 0.503. The minimum absolute atomic E-state index is 0.115. The highest BCUT2D eigenvalue weighted by atomic mass is 16.3. The molecule has 0 aromatic heterocycles. The van der Waals surface area contributed by atoms with Crippen LogP contribution in [-0.2, 0) is 4.79 Å². The van der Waals surface area contributed by atoms with E-state index in [1.54, 1.807) is 0 Å². The number of carbonyl (C=O) groups excluding carboxylic acids is 1. The topological polar surface area (TPSA) is 49.3 Å². The lowest BCUT2D eigenvalue weighted by Crippen LogP contribution is -2.39. The van der Waals surface area contributed by atoms with Crippen molar-refractivity contribution in [1.29, 1.82) is 0 Å². The van der Waals surface area contributed by atoms with Crippen molar-refractivity contribution in [2.24, 2.45) is 5.92 Å². The molecule has 15 heavy (non-hydrogen) atoms. The highest BCUT2D eigenvalue weighted by Crippen LogP contribution is 2.07. The average molecular weight is 215 g/mol. The first-order valence-electron chi connectivity index (χ1n) is 6.02. The molecule has 1 atom stereocenters. The smallest absolute Gasteiger partial charge is 0.220 e. The van der Waals surface area contributed by atoms with E-state index in [1.807, 2.05) is 0 Å². The molecule has 0 aromatic rings. The fraction of sp³-hybridized carbons (Fsp3) is 0.917. The van der Waals surface area contributed by atoms with E-state index >= 15 is 0 Å². The third-order valence-corrected chi connectivity index (χ3v) is 2.60. The molecule has 3 nitrogen and oxygen atoms in total. The van der Waals surface area contributed by atoms with Gasteiger partial charge >= 0.3 is 0 Å². The lowest BCUT2D eigenvalue weighted by atomic mass is 10.0. The maximum Gasteiger partial charge on any atom is 0.220 e. The quantitative estimate of drug-likeness (QED) is 0.609. The van der Waals surface area contributed by atoms with Gasteiger partial charge in [-0.2, -0.15) is 0 Å². The summed E-state index contributed by atoms with van der Waals surface area (Å²) < 4.78 is 0. The molecule has 0 spiro atoms. The van der Waals surface area contributed by atoms with Crippen LogP contribution in [0.5, 0.6) is 0 Å². The van der Waals surface area contributed by atoms with Crippen LogP contribution in [0.1, 0.15) is 52.9 Å². The zero-order valence-electron chi connectivity index (χ0n) is 10.3. The molecular weight excluding hydrogens is 190 g/mol. The molecule has 0 aliphatic rings. The second-order valence-electron chi connectivity index (χ2n) is 4.39. The minimum atomic E-state index is 0.115. The van der Waals surface area contributed by atoms with Gasteiger partial charge in [-0.15, -0.1) is 0 Å². The molecule has 0 radical (unpaired) electrons. The largest absolute Gasteiger partial charge is 0.396 e. The summed E-state index contributed by atoms with van der Waals surface area (Å²) in [5, 5.41) is 11.8. The van der Waals surface area contributed by atoms with Gasteiger partial charge in [0.1, 0.15) is 0 Å². The first-order chi connectivity index (χ1) is 7.11. The SMILES string of the molecule is CCCCCC(=O)NC(CCO)C(C)C. The molecule has 2 N–H and O–H groups in total. The zero-order chi connectivity index (χ0) is 11.7. The van der Waals surface area contributed by atoms with Crippen molar-refractivity contribution in [3.05, 3.63) is 0 Å². The monoisotopic (exact) mass is 215 g/mol. The van der Waals surface area contributed by atoms with Crippen molar-refractivity contribution in [2.75, 3.05) is 6.61 Å². The fourth-order valence-corrected chi connectivity index (χ4v) is 1.53. The molecule has 0 saturated heterocycles. The Hall–Kier alpha value is -0.570. The number of aliphatic hydroxyl groups excluding tert-OH is 1. The Morgan fingerprint density at radius 3 is 2.47 bits per heavy atom. The van der Waals surface area contributed by atoms with Crippen LogP contribution in [0, 0.1) is 5.92 Å². The van der Waals surface area contributed by atoms with Crippen molar-refractivity contribution >= 4 is 5.91 Å². The minimum Gasteiger partial charge on any atom is -0.396 e.